The van der Waals surface area contributed by atoms with Crippen molar-refractivity contribution in [1.82, 2.24) is 0 Å². The van der Waals surface area contributed by atoms with Crippen LogP contribution in [0.25, 0.3) is 0 Å². The Morgan fingerprint density at radius 1 is 1.44 bits per heavy atom. The van der Waals surface area contributed by atoms with Gasteiger partial charge in [-0.25, -0.2) is 8.42 Å². The molecule has 1 fully saturated rings. The van der Waals surface area contributed by atoms with Crippen molar-refractivity contribution in [2.45, 2.75) is 25.3 Å². The van der Waals surface area contributed by atoms with Crippen molar-refractivity contribution >= 4 is 27.6 Å². The molecule has 7 heteroatoms. The van der Waals surface area contributed by atoms with Gasteiger partial charge >= 0.3 is 5.97 Å². The second-order valence-corrected chi connectivity index (χ2v) is 6.87. The van der Waals surface area contributed by atoms with Crippen LogP contribution >= 0.6 is 11.8 Å². The quantitative estimate of drug-likeness (QED) is 0.764. The van der Waals surface area contributed by atoms with Gasteiger partial charge in [0.15, 0.2) is 0 Å². The first-order chi connectivity index (χ1) is 7.39. The predicted molar refractivity (Wildman–Crippen MR) is 66.5 cm³/mol. The molecule has 5 nitrogen and oxygen atoms in total. The van der Waals surface area contributed by atoms with Gasteiger partial charge in [0.1, 0.15) is 15.9 Å². The third kappa shape index (κ3) is 7.95. The Morgan fingerprint density at radius 3 is 2.19 bits per heavy atom. The van der Waals surface area contributed by atoms with Crippen molar-refractivity contribution in [3.63, 3.8) is 0 Å². The van der Waals surface area contributed by atoms with Crippen LogP contribution in [-0.2, 0) is 14.6 Å². The lowest BCUT2D eigenvalue weighted by Crippen LogP contribution is -2.30. The molecule has 96 valence electrons. The number of nitrogens with two attached hydrogens (primary N) is 1. The lowest BCUT2D eigenvalue weighted by atomic mass is 10.2. The summed E-state index contributed by atoms with van der Waals surface area (Å²) in [6, 6.07) is -0.683. The van der Waals surface area contributed by atoms with Gasteiger partial charge in [-0.3, -0.25) is 4.79 Å². The average Bonchev–Trinajstić information content (AvgIpc) is 2.60. The van der Waals surface area contributed by atoms with Gasteiger partial charge < -0.3 is 10.8 Å². The molecule has 3 N–H and O–H groups in total. The van der Waals surface area contributed by atoms with Crippen molar-refractivity contribution < 1.29 is 18.3 Å². The minimum atomic E-state index is -2.55. The maximum atomic E-state index is 10.4. The van der Waals surface area contributed by atoms with E-state index in [9.17, 15) is 13.2 Å². The first-order valence-corrected chi connectivity index (χ1v) is 8.28. The molecule has 0 aromatic rings. The van der Waals surface area contributed by atoms with Crippen molar-refractivity contribution in [1.29, 1.82) is 0 Å². The second-order valence-electron chi connectivity index (χ2n) is 3.59. The number of carbonyl (C=O) groups is 1. The highest BCUT2D eigenvalue weighted by atomic mass is 32.2. The maximum Gasteiger partial charge on any atom is 0.320 e. The number of rotatable bonds is 4. The van der Waals surface area contributed by atoms with Crippen molar-refractivity contribution in [2.75, 3.05) is 23.5 Å². The van der Waals surface area contributed by atoms with Crippen LogP contribution in [0.1, 0.15) is 19.3 Å². The molecule has 0 aliphatic carbocycles. The number of sulfone groups is 1. The Bertz CT molecular complexity index is 291. The summed E-state index contributed by atoms with van der Waals surface area (Å²) >= 11 is 1.60. The topological polar surface area (TPSA) is 97.5 Å². The number of aliphatic carboxylic acids is 1. The summed E-state index contributed by atoms with van der Waals surface area (Å²) in [6.45, 7) is 0. The summed E-state index contributed by atoms with van der Waals surface area (Å²) in [7, 11) is -2.55. The zero-order valence-electron chi connectivity index (χ0n) is 9.39. The zero-order chi connectivity index (χ0) is 12.6. The number of thioether (sulfide) groups is 1. The van der Waals surface area contributed by atoms with E-state index in [-0.39, 0.29) is 0 Å². The van der Waals surface area contributed by atoms with E-state index in [1.165, 1.54) is 0 Å². The average molecular weight is 269 g/mol. The molecule has 0 amide bonds. The monoisotopic (exact) mass is 269 g/mol. The van der Waals surface area contributed by atoms with Crippen molar-refractivity contribution in [3.8, 4) is 0 Å². The summed E-state index contributed by atoms with van der Waals surface area (Å²) in [5, 5.41) is 8.27. The van der Waals surface area contributed by atoms with Crippen molar-refractivity contribution in [3.05, 3.63) is 0 Å². The number of hydrogen-bond acceptors (Lipinski definition) is 5. The van der Waals surface area contributed by atoms with Gasteiger partial charge in [0.2, 0.25) is 0 Å². The Morgan fingerprint density at radius 2 is 1.94 bits per heavy atom. The molecule has 0 aromatic heterocycles. The Kier molecular flexibility index (Phi) is 7.78. The molecule has 1 rings (SSSR count). The third-order valence-electron chi connectivity index (χ3n) is 2.11. The summed E-state index contributed by atoms with van der Waals surface area (Å²) in [4.78, 5) is 10.1. The van der Waals surface area contributed by atoms with Gasteiger partial charge in [-0.1, -0.05) is 0 Å². The zero-order valence-corrected chi connectivity index (χ0v) is 11.0. The fourth-order valence-corrected chi connectivity index (χ4v) is 3.10. The first kappa shape index (κ1) is 15.7. The summed E-state index contributed by atoms with van der Waals surface area (Å²) in [6.07, 6.45) is 4.23. The Labute approximate surface area is 101 Å². The molecular formula is C9H19NO4S2. The molecule has 0 bridgehead atoms. The summed E-state index contributed by atoms with van der Waals surface area (Å²) in [5.41, 5.74) is 5.19. The molecule has 1 saturated heterocycles. The van der Waals surface area contributed by atoms with E-state index in [4.69, 9.17) is 10.8 Å². The minimum Gasteiger partial charge on any atom is -0.480 e. The normalized spacial score (nSPS) is 19.6. The van der Waals surface area contributed by atoms with Crippen molar-refractivity contribution in [2.24, 2.45) is 5.73 Å². The van der Waals surface area contributed by atoms with Crippen LogP contribution in [0.15, 0.2) is 0 Å². The van der Waals surface area contributed by atoms with Crippen LogP contribution in [-0.4, -0.2) is 49.0 Å². The molecule has 0 aromatic carbocycles. The molecule has 0 radical (unpaired) electrons. The van der Waals surface area contributed by atoms with E-state index in [2.05, 4.69) is 0 Å². The van der Waals surface area contributed by atoms with Crippen LogP contribution in [0.3, 0.4) is 0 Å². The minimum absolute atomic E-state index is 0.424. The van der Waals surface area contributed by atoms with E-state index in [1.54, 1.807) is 11.8 Å². The van der Waals surface area contributed by atoms with E-state index < -0.39 is 21.8 Å². The van der Waals surface area contributed by atoms with E-state index in [0.717, 1.165) is 18.6 Å². The smallest absolute Gasteiger partial charge is 0.320 e. The molecular weight excluding hydrogens is 250 g/mol. The van der Waals surface area contributed by atoms with Gasteiger partial charge in [-0.15, -0.1) is 0 Å². The second kappa shape index (κ2) is 7.92. The predicted octanol–water partition coefficient (Wildman–Crippen LogP) is 0.346. The van der Waals surface area contributed by atoms with Crippen LogP contribution in [0.5, 0.6) is 0 Å². The van der Waals surface area contributed by atoms with Gasteiger partial charge in [-0.05, 0) is 31.3 Å². The SMILES string of the molecule is CSCCC(N)C(=O)O.O=S1(=O)CCCC1. The molecule has 16 heavy (non-hydrogen) atoms. The fourth-order valence-electron chi connectivity index (χ4n) is 1.11. The Balaban J connectivity index is 0.000000288. The first-order valence-electron chi connectivity index (χ1n) is 5.07. The molecule has 1 heterocycles. The van der Waals surface area contributed by atoms with E-state index in [0.29, 0.717) is 17.9 Å². The lowest BCUT2D eigenvalue weighted by molar-refractivity contribution is -0.138. The van der Waals surface area contributed by atoms with Crippen LogP contribution in [0.4, 0.5) is 0 Å². The van der Waals surface area contributed by atoms with Gasteiger partial charge in [0.25, 0.3) is 0 Å². The van der Waals surface area contributed by atoms with Gasteiger partial charge in [-0.2, -0.15) is 11.8 Å². The van der Waals surface area contributed by atoms with Crippen LogP contribution < -0.4 is 5.73 Å². The third-order valence-corrected chi connectivity index (χ3v) is 4.58. The molecule has 0 saturated carbocycles. The molecule has 1 aliphatic rings. The summed E-state index contributed by atoms with van der Waals surface area (Å²) in [5.74, 6) is 0.747. The number of hydrogen-bond donors (Lipinski definition) is 2. The molecule has 1 aliphatic heterocycles. The number of carboxylic acids is 1. The molecule has 1 atom stereocenters. The lowest BCUT2D eigenvalue weighted by Gasteiger charge is -2.02. The van der Waals surface area contributed by atoms with Crippen LogP contribution in [0.2, 0.25) is 0 Å². The van der Waals surface area contributed by atoms with Crippen LogP contribution in [0, 0.1) is 0 Å². The summed E-state index contributed by atoms with van der Waals surface area (Å²) < 4.78 is 20.9. The molecule has 1 unspecified atom stereocenters. The largest absolute Gasteiger partial charge is 0.480 e. The van der Waals surface area contributed by atoms with Gasteiger partial charge in [0, 0.05) is 0 Å². The fraction of sp³-hybridized carbons (Fsp3) is 0.889. The number of carboxylic acid groups (broad SMARTS) is 1. The maximum absolute atomic E-state index is 10.4. The standard InChI is InChI=1S/C5H11NO2S.C4H8O2S/c1-9-3-2-4(6)5(7)8;5-7(6)3-1-2-4-7/h4H,2-3,6H2,1H3,(H,7,8);1-4H2. The van der Waals surface area contributed by atoms with E-state index in [1.807, 2.05) is 6.26 Å². The molecule has 0 spiro atoms. The Hall–Kier alpha value is -0.270. The van der Waals surface area contributed by atoms with Gasteiger partial charge in [0.05, 0.1) is 11.5 Å². The van der Waals surface area contributed by atoms with E-state index >= 15 is 0 Å². The highest BCUT2D eigenvalue weighted by Gasteiger charge is 2.16. The highest BCUT2D eigenvalue weighted by molar-refractivity contribution is 7.98. The highest BCUT2D eigenvalue weighted by Crippen LogP contribution is 2.08.